The van der Waals surface area contributed by atoms with Crippen molar-refractivity contribution in [1.29, 1.82) is 0 Å². The Labute approximate surface area is 94.8 Å². The van der Waals surface area contributed by atoms with Crippen LogP contribution in [0.15, 0.2) is 18.2 Å². The van der Waals surface area contributed by atoms with E-state index in [2.05, 4.69) is 0 Å². The van der Waals surface area contributed by atoms with Crippen LogP contribution in [0.3, 0.4) is 0 Å². The van der Waals surface area contributed by atoms with Gasteiger partial charge in [-0.2, -0.15) is 0 Å². The molecule has 15 heavy (non-hydrogen) atoms. The summed E-state index contributed by atoms with van der Waals surface area (Å²) in [5, 5.41) is 18.4. The van der Waals surface area contributed by atoms with Crippen LogP contribution in [0.4, 0.5) is 0 Å². The summed E-state index contributed by atoms with van der Waals surface area (Å²) in [4.78, 5) is 0. The van der Waals surface area contributed by atoms with E-state index in [1.54, 1.807) is 12.1 Å². The SMILES string of the molecule is CC(C)COc1cc(B(O)O)ccc1Cl. The molecule has 1 aromatic rings. The van der Waals surface area contributed by atoms with Crippen molar-refractivity contribution >= 4 is 24.2 Å². The first-order chi connectivity index (χ1) is 7.00. The van der Waals surface area contributed by atoms with Crippen LogP contribution >= 0.6 is 11.6 Å². The van der Waals surface area contributed by atoms with Crippen LogP contribution in [0.25, 0.3) is 0 Å². The van der Waals surface area contributed by atoms with Gasteiger partial charge in [-0.25, -0.2) is 0 Å². The van der Waals surface area contributed by atoms with E-state index in [0.29, 0.717) is 28.8 Å². The van der Waals surface area contributed by atoms with Crippen LogP contribution in [0, 0.1) is 5.92 Å². The van der Waals surface area contributed by atoms with E-state index in [-0.39, 0.29) is 0 Å². The average Bonchev–Trinajstić information content (AvgIpc) is 2.16. The van der Waals surface area contributed by atoms with Gasteiger partial charge in [0.25, 0.3) is 0 Å². The largest absolute Gasteiger partial charge is 0.492 e. The summed E-state index contributed by atoms with van der Waals surface area (Å²) in [5.74, 6) is 0.875. The van der Waals surface area contributed by atoms with Crippen LogP contribution in [0.1, 0.15) is 13.8 Å². The van der Waals surface area contributed by atoms with Crippen LogP contribution < -0.4 is 10.2 Å². The Kier molecular flexibility index (Phi) is 4.45. The molecule has 2 N–H and O–H groups in total. The fourth-order valence-electron chi connectivity index (χ4n) is 1.05. The molecule has 0 heterocycles. The number of ether oxygens (including phenoxy) is 1. The summed E-state index contributed by atoms with van der Waals surface area (Å²) in [6.45, 7) is 4.60. The summed E-state index contributed by atoms with van der Waals surface area (Å²) in [7, 11) is -1.50. The lowest BCUT2D eigenvalue weighted by Gasteiger charge is -2.11. The Hall–Kier alpha value is -0.705. The molecule has 0 aliphatic rings. The first-order valence-corrected chi connectivity index (χ1v) is 5.17. The van der Waals surface area contributed by atoms with E-state index in [9.17, 15) is 0 Å². The maximum Gasteiger partial charge on any atom is 0.488 e. The molecule has 82 valence electrons. The molecule has 0 atom stereocenters. The van der Waals surface area contributed by atoms with Gasteiger partial charge in [-0.1, -0.05) is 31.5 Å². The lowest BCUT2D eigenvalue weighted by molar-refractivity contribution is 0.271. The van der Waals surface area contributed by atoms with Crippen molar-refractivity contribution in [2.45, 2.75) is 13.8 Å². The Bertz CT molecular complexity index is 328. The normalized spacial score (nSPS) is 10.5. The highest BCUT2D eigenvalue weighted by Crippen LogP contribution is 2.22. The van der Waals surface area contributed by atoms with Gasteiger partial charge >= 0.3 is 7.12 Å². The van der Waals surface area contributed by atoms with E-state index in [1.807, 2.05) is 13.8 Å². The third kappa shape index (κ3) is 3.74. The first kappa shape index (κ1) is 12.4. The molecule has 1 aromatic carbocycles. The average molecular weight is 228 g/mol. The van der Waals surface area contributed by atoms with Gasteiger partial charge in [-0.05, 0) is 23.5 Å². The molecule has 0 saturated carbocycles. The quantitative estimate of drug-likeness (QED) is 0.758. The Balaban J connectivity index is 2.81. The van der Waals surface area contributed by atoms with E-state index >= 15 is 0 Å². The highest BCUT2D eigenvalue weighted by molar-refractivity contribution is 6.58. The minimum atomic E-state index is -1.50. The van der Waals surface area contributed by atoms with Gasteiger partial charge in [0.2, 0.25) is 0 Å². The van der Waals surface area contributed by atoms with E-state index in [1.165, 1.54) is 6.07 Å². The lowest BCUT2D eigenvalue weighted by atomic mass is 9.80. The zero-order chi connectivity index (χ0) is 11.4. The number of halogens is 1. The summed E-state index contributed by atoms with van der Waals surface area (Å²) < 4.78 is 5.43. The van der Waals surface area contributed by atoms with E-state index in [0.717, 1.165) is 0 Å². The first-order valence-electron chi connectivity index (χ1n) is 4.79. The van der Waals surface area contributed by atoms with Gasteiger partial charge in [0.1, 0.15) is 5.75 Å². The maximum absolute atomic E-state index is 8.97. The van der Waals surface area contributed by atoms with E-state index in [4.69, 9.17) is 26.4 Å². The van der Waals surface area contributed by atoms with Crippen LogP contribution in [0.2, 0.25) is 5.02 Å². The van der Waals surface area contributed by atoms with Crippen LogP contribution in [-0.4, -0.2) is 23.8 Å². The second kappa shape index (κ2) is 5.40. The monoisotopic (exact) mass is 228 g/mol. The Morgan fingerprint density at radius 3 is 2.60 bits per heavy atom. The topological polar surface area (TPSA) is 49.7 Å². The summed E-state index contributed by atoms with van der Waals surface area (Å²) in [6, 6.07) is 4.68. The third-order valence-corrected chi connectivity index (χ3v) is 2.14. The Morgan fingerprint density at radius 2 is 2.07 bits per heavy atom. The molecule has 0 saturated heterocycles. The molecule has 0 amide bonds. The van der Waals surface area contributed by atoms with Crippen molar-refractivity contribution < 1.29 is 14.8 Å². The molecule has 0 aliphatic carbocycles. The third-order valence-electron chi connectivity index (χ3n) is 1.83. The van der Waals surface area contributed by atoms with Crippen molar-refractivity contribution in [1.82, 2.24) is 0 Å². The second-order valence-electron chi connectivity index (χ2n) is 3.77. The molecule has 0 spiro atoms. The molecule has 0 fully saturated rings. The predicted octanol–water partition coefficient (Wildman–Crippen LogP) is 1.05. The van der Waals surface area contributed by atoms with Gasteiger partial charge in [-0.3, -0.25) is 0 Å². The summed E-state index contributed by atoms with van der Waals surface area (Å²) in [6.07, 6.45) is 0. The summed E-state index contributed by atoms with van der Waals surface area (Å²) in [5.41, 5.74) is 0.373. The molecular formula is C10H14BClO3. The molecular weight excluding hydrogens is 214 g/mol. The van der Waals surface area contributed by atoms with Gasteiger partial charge in [0.15, 0.2) is 0 Å². The highest BCUT2D eigenvalue weighted by atomic mass is 35.5. The lowest BCUT2D eigenvalue weighted by Crippen LogP contribution is -2.29. The Morgan fingerprint density at radius 1 is 1.40 bits per heavy atom. The minimum absolute atomic E-state index is 0.373. The van der Waals surface area contributed by atoms with Crippen molar-refractivity contribution in [3.63, 3.8) is 0 Å². The fraction of sp³-hybridized carbons (Fsp3) is 0.400. The zero-order valence-electron chi connectivity index (χ0n) is 8.77. The van der Waals surface area contributed by atoms with Crippen LogP contribution in [0.5, 0.6) is 5.75 Å². The van der Waals surface area contributed by atoms with Gasteiger partial charge < -0.3 is 14.8 Å². The molecule has 1 rings (SSSR count). The smallest absolute Gasteiger partial charge is 0.488 e. The number of hydrogen-bond acceptors (Lipinski definition) is 3. The molecule has 0 unspecified atom stereocenters. The molecule has 0 bridgehead atoms. The molecule has 3 nitrogen and oxygen atoms in total. The standard InChI is InChI=1S/C10H14BClO3/c1-7(2)6-15-10-5-8(11(13)14)3-4-9(10)12/h3-5,7,13-14H,6H2,1-2H3. The van der Waals surface area contributed by atoms with Gasteiger partial charge in [0.05, 0.1) is 11.6 Å². The van der Waals surface area contributed by atoms with Crippen LogP contribution in [-0.2, 0) is 0 Å². The predicted molar refractivity (Wildman–Crippen MR) is 61.6 cm³/mol. The summed E-state index contributed by atoms with van der Waals surface area (Å²) >= 11 is 5.90. The van der Waals surface area contributed by atoms with Gasteiger partial charge in [0, 0.05) is 0 Å². The molecule has 0 radical (unpaired) electrons. The second-order valence-corrected chi connectivity index (χ2v) is 4.18. The molecule has 5 heteroatoms. The van der Waals surface area contributed by atoms with Crippen molar-refractivity contribution in [2.24, 2.45) is 5.92 Å². The maximum atomic E-state index is 8.97. The fourth-order valence-corrected chi connectivity index (χ4v) is 1.22. The number of hydrogen-bond donors (Lipinski definition) is 2. The zero-order valence-corrected chi connectivity index (χ0v) is 9.53. The number of rotatable bonds is 4. The molecule has 0 aliphatic heterocycles. The molecule has 0 aromatic heterocycles. The van der Waals surface area contributed by atoms with Gasteiger partial charge in [-0.15, -0.1) is 0 Å². The van der Waals surface area contributed by atoms with E-state index < -0.39 is 7.12 Å². The highest BCUT2D eigenvalue weighted by Gasteiger charge is 2.13. The van der Waals surface area contributed by atoms with Crippen molar-refractivity contribution in [2.75, 3.05) is 6.61 Å². The number of benzene rings is 1. The van der Waals surface area contributed by atoms with Crippen molar-refractivity contribution in [3.05, 3.63) is 23.2 Å². The van der Waals surface area contributed by atoms with Crippen molar-refractivity contribution in [3.8, 4) is 5.75 Å². The minimum Gasteiger partial charge on any atom is -0.492 e.